The van der Waals surface area contributed by atoms with Gasteiger partial charge in [0.15, 0.2) is 12.4 Å². The van der Waals surface area contributed by atoms with Crippen molar-refractivity contribution in [3.05, 3.63) is 24.3 Å². The lowest BCUT2D eigenvalue weighted by Crippen LogP contribution is -2.19. The van der Waals surface area contributed by atoms with Crippen LogP contribution in [-0.4, -0.2) is 33.1 Å². The number of aromatic amines is 1. The van der Waals surface area contributed by atoms with Gasteiger partial charge in [0.05, 0.1) is 12.4 Å². The maximum absolute atomic E-state index is 13.0. The third kappa shape index (κ3) is 3.49. The van der Waals surface area contributed by atoms with Gasteiger partial charge in [0.25, 0.3) is 11.8 Å². The van der Waals surface area contributed by atoms with Crippen molar-refractivity contribution in [3.8, 4) is 23.3 Å². The van der Waals surface area contributed by atoms with Crippen molar-refractivity contribution in [1.82, 2.24) is 15.2 Å². The molecule has 0 radical (unpaired) electrons. The molecule has 0 aliphatic heterocycles. The first-order chi connectivity index (χ1) is 9.35. The lowest BCUT2D eigenvalue weighted by molar-refractivity contribution is -0.153. The number of aromatic hydroxyl groups is 1. The summed E-state index contributed by atoms with van der Waals surface area (Å²) in [4.78, 5) is 3.45. The van der Waals surface area contributed by atoms with Gasteiger partial charge in [-0.3, -0.25) is 5.10 Å². The number of ether oxygens (including phenoxy) is 2. The van der Waals surface area contributed by atoms with Crippen molar-refractivity contribution in [1.29, 1.82) is 0 Å². The van der Waals surface area contributed by atoms with E-state index in [4.69, 9.17) is 4.74 Å². The van der Waals surface area contributed by atoms with Gasteiger partial charge in [-0.15, -0.1) is 5.10 Å². The van der Waals surface area contributed by atoms with Crippen molar-refractivity contribution in [2.75, 3.05) is 6.61 Å². The Morgan fingerprint density at radius 1 is 1.30 bits per heavy atom. The Bertz CT molecular complexity index is 600. The Morgan fingerprint density at radius 3 is 2.65 bits per heavy atom. The Morgan fingerprint density at radius 2 is 2.05 bits per heavy atom. The zero-order valence-electron chi connectivity index (χ0n) is 9.61. The van der Waals surface area contributed by atoms with Crippen molar-refractivity contribution in [3.63, 3.8) is 0 Å². The summed E-state index contributed by atoms with van der Waals surface area (Å²) < 4.78 is 58.6. The molecule has 0 saturated carbocycles. The van der Waals surface area contributed by atoms with Crippen LogP contribution in [0.3, 0.4) is 0 Å². The van der Waals surface area contributed by atoms with E-state index in [1.54, 1.807) is 0 Å². The number of hydrogen-bond acceptors (Lipinski definition) is 5. The highest BCUT2D eigenvalue weighted by Gasteiger charge is 2.29. The second-order valence-corrected chi connectivity index (χ2v) is 3.54. The molecular weight excluding hydrogens is 286 g/mol. The molecule has 0 bridgehead atoms. The Balaban J connectivity index is 2.21. The molecule has 0 aromatic carbocycles. The fourth-order valence-electron chi connectivity index (χ4n) is 1.20. The van der Waals surface area contributed by atoms with E-state index in [9.17, 15) is 22.7 Å². The smallest absolute Gasteiger partial charge is 0.422 e. The van der Waals surface area contributed by atoms with Gasteiger partial charge in [-0.25, -0.2) is 9.37 Å². The molecule has 2 rings (SSSR count). The van der Waals surface area contributed by atoms with Crippen LogP contribution in [-0.2, 0) is 0 Å². The van der Waals surface area contributed by atoms with Crippen molar-refractivity contribution >= 4 is 0 Å². The first-order valence-corrected chi connectivity index (χ1v) is 5.11. The van der Waals surface area contributed by atoms with E-state index in [1.807, 2.05) is 0 Å². The van der Waals surface area contributed by atoms with Crippen LogP contribution < -0.4 is 9.47 Å². The monoisotopic (exact) mass is 293 g/mol. The van der Waals surface area contributed by atoms with Crippen LogP contribution in [0.4, 0.5) is 17.6 Å². The molecule has 6 nitrogen and oxygen atoms in total. The predicted octanol–water partition coefficient (Wildman–Crippen LogP) is 2.38. The minimum atomic E-state index is -4.60. The lowest BCUT2D eigenvalue weighted by Gasteiger charge is -2.12. The number of halogens is 4. The van der Waals surface area contributed by atoms with Crippen molar-refractivity contribution in [2.45, 2.75) is 6.18 Å². The Hall–Kier alpha value is -2.52. The zero-order valence-corrected chi connectivity index (χ0v) is 9.61. The van der Waals surface area contributed by atoms with Crippen LogP contribution in [0.25, 0.3) is 0 Å². The number of aromatic nitrogens is 3. The van der Waals surface area contributed by atoms with Crippen LogP contribution in [0.5, 0.6) is 23.3 Å². The molecule has 0 atom stereocenters. The van der Waals surface area contributed by atoms with E-state index in [0.717, 1.165) is 12.4 Å². The topological polar surface area (TPSA) is 80.3 Å². The highest BCUT2D eigenvalue weighted by Crippen LogP contribution is 2.33. The standard InChI is InChI=1S/C10H7F4N3O3/c11-5-1-6(19-4-10(12,13)14)9(15-2-5)20-7-3-16-17-8(7)18/h1-3H,4H2,(H2,16,17,18). The molecule has 2 aromatic heterocycles. The molecule has 2 N–H and O–H groups in total. The third-order valence-electron chi connectivity index (χ3n) is 1.97. The number of pyridine rings is 1. The molecule has 2 heterocycles. The molecule has 0 fully saturated rings. The molecule has 0 aliphatic rings. The van der Waals surface area contributed by atoms with Gasteiger partial charge >= 0.3 is 6.18 Å². The predicted molar refractivity (Wildman–Crippen MR) is 56.1 cm³/mol. The summed E-state index contributed by atoms with van der Waals surface area (Å²) in [5.41, 5.74) is 0. The molecule has 0 amide bonds. The lowest BCUT2D eigenvalue weighted by atomic mass is 10.4. The van der Waals surface area contributed by atoms with Gasteiger partial charge in [0.1, 0.15) is 5.82 Å². The van der Waals surface area contributed by atoms with Crippen LogP contribution >= 0.6 is 0 Å². The van der Waals surface area contributed by atoms with Crippen LogP contribution in [0, 0.1) is 5.82 Å². The van der Waals surface area contributed by atoms with Gasteiger partial charge in [0.2, 0.25) is 5.75 Å². The fourth-order valence-corrected chi connectivity index (χ4v) is 1.20. The SMILES string of the molecule is Oc1n[nH]cc1Oc1ncc(F)cc1OCC(F)(F)F. The van der Waals surface area contributed by atoms with E-state index in [2.05, 4.69) is 19.9 Å². The van der Waals surface area contributed by atoms with E-state index >= 15 is 0 Å². The largest absolute Gasteiger partial charge is 0.490 e. The van der Waals surface area contributed by atoms with E-state index < -0.39 is 36.1 Å². The molecule has 0 unspecified atom stereocenters. The summed E-state index contributed by atoms with van der Waals surface area (Å²) in [5.74, 6) is -2.61. The molecule has 20 heavy (non-hydrogen) atoms. The minimum absolute atomic E-state index is 0.194. The molecule has 108 valence electrons. The summed E-state index contributed by atoms with van der Waals surface area (Å²) >= 11 is 0. The van der Waals surface area contributed by atoms with Crippen LogP contribution in [0.15, 0.2) is 18.5 Å². The minimum Gasteiger partial charge on any atom is -0.490 e. The quantitative estimate of drug-likeness (QED) is 0.846. The molecule has 0 saturated heterocycles. The van der Waals surface area contributed by atoms with Gasteiger partial charge in [-0.1, -0.05) is 0 Å². The second kappa shape index (κ2) is 5.23. The summed E-state index contributed by atoms with van der Waals surface area (Å²) in [6, 6.07) is 0.686. The van der Waals surface area contributed by atoms with E-state index in [1.165, 1.54) is 0 Å². The highest BCUT2D eigenvalue weighted by molar-refractivity contribution is 5.39. The molecule has 2 aromatic rings. The Labute approximate surface area is 109 Å². The average Bonchev–Trinajstić information content (AvgIpc) is 2.74. The fraction of sp³-hybridized carbons (Fsp3) is 0.200. The number of hydrogen-bond donors (Lipinski definition) is 2. The number of rotatable bonds is 4. The molecule has 0 aliphatic carbocycles. The average molecular weight is 293 g/mol. The first-order valence-electron chi connectivity index (χ1n) is 5.11. The maximum atomic E-state index is 13.0. The molecule has 10 heteroatoms. The van der Waals surface area contributed by atoms with Crippen LogP contribution in [0.2, 0.25) is 0 Å². The molecular formula is C10H7F4N3O3. The number of nitrogens with zero attached hydrogens (tertiary/aromatic N) is 2. The summed E-state index contributed by atoms with van der Waals surface area (Å²) in [5, 5.41) is 14.8. The molecule has 0 spiro atoms. The second-order valence-electron chi connectivity index (χ2n) is 3.54. The van der Waals surface area contributed by atoms with E-state index in [-0.39, 0.29) is 5.75 Å². The summed E-state index contributed by atoms with van der Waals surface area (Å²) in [6.45, 7) is -1.63. The maximum Gasteiger partial charge on any atom is 0.422 e. The highest BCUT2D eigenvalue weighted by atomic mass is 19.4. The number of alkyl halides is 3. The number of H-pyrrole nitrogens is 1. The van der Waals surface area contributed by atoms with E-state index in [0.29, 0.717) is 6.07 Å². The van der Waals surface area contributed by atoms with Gasteiger partial charge < -0.3 is 14.6 Å². The summed E-state index contributed by atoms with van der Waals surface area (Å²) in [7, 11) is 0. The van der Waals surface area contributed by atoms with Gasteiger partial charge in [-0.2, -0.15) is 13.2 Å². The zero-order chi connectivity index (χ0) is 14.8. The first kappa shape index (κ1) is 13.9. The van der Waals surface area contributed by atoms with Gasteiger partial charge in [-0.05, 0) is 0 Å². The Kier molecular flexibility index (Phi) is 3.63. The van der Waals surface area contributed by atoms with Crippen molar-refractivity contribution < 1.29 is 32.1 Å². The van der Waals surface area contributed by atoms with Crippen LogP contribution in [0.1, 0.15) is 0 Å². The number of nitrogens with one attached hydrogen (secondary N) is 1. The van der Waals surface area contributed by atoms with Gasteiger partial charge in [0, 0.05) is 6.07 Å². The summed E-state index contributed by atoms with van der Waals surface area (Å²) in [6.07, 6.45) is -2.73. The third-order valence-corrected chi connectivity index (χ3v) is 1.97. The van der Waals surface area contributed by atoms with Crippen molar-refractivity contribution in [2.24, 2.45) is 0 Å². The normalized spacial score (nSPS) is 11.4.